The number of sulfonamides is 1. The van der Waals surface area contributed by atoms with Gasteiger partial charge in [-0.3, -0.25) is 0 Å². The van der Waals surface area contributed by atoms with Gasteiger partial charge in [0.1, 0.15) is 6.54 Å². The summed E-state index contributed by atoms with van der Waals surface area (Å²) in [5.41, 5.74) is 2.02. The van der Waals surface area contributed by atoms with Crippen LogP contribution in [0, 0.1) is 25.2 Å². The van der Waals surface area contributed by atoms with E-state index in [-0.39, 0.29) is 12.6 Å². The van der Waals surface area contributed by atoms with E-state index in [4.69, 9.17) is 5.26 Å². The molecule has 0 aromatic heterocycles. The average Bonchev–Trinajstić information content (AvgIpc) is 2.92. The largest absolute Gasteiger partial charge is 0.244 e. The molecule has 0 bridgehead atoms. The van der Waals surface area contributed by atoms with E-state index < -0.39 is 10.0 Å². The van der Waals surface area contributed by atoms with Gasteiger partial charge in [-0.2, -0.15) is 9.57 Å². The molecule has 4 nitrogen and oxygen atoms in total. The Balaban J connectivity index is 2.39. The van der Waals surface area contributed by atoms with Crippen LogP contribution in [-0.2, 0) is 10.0 Å². The third-order valence-corrected chi connectivity index (χ3v) is 5.94. The van der Waals surface area contributed by atoms with Crippen molar-refractivity contribution in [1.29, 1.82) is 5.26 Å². The number of nitriles is 1. The molecule has 1 fully saturated rings. The van der Waals surface area contributed by atoms with Gasteiger partial charge in [-0.25, -0.2) is 8.42 Å². The van der Waals surface area contributed by atoms with Crippen molar-refractivity contribution >= 4 is 10.0 Å². The molecule has 0 spiro atoms. The monoisotopic (exact) mass is 292 g/mol. The summed E-state index contributed by atoms with van der Waals surface area (Å²) < 4.78 is 26.9. The fraction of sp³-hybridized carbons (Fsp3) is 0.533. The van der Waals surface area contributed by atoms with Crippen LogP contribution in [0.15, 0.2) is 23.1 Å². The molecule has 0 saturated heterocycles. The number of hydrogen-bond acceptors (Lipinski definition) is 3. The molecule has 1 saturated carbocycles. The maximum atomic E-state index is 12.7. The molecule has 1 aromatic rings. The summed E-state index contributed by atoms with van der Waals surface area (Å²) in [6, 6.07) is 7.12. The third-order valence-electron chi connectivity index (χ3n) is 4.04. The van der Waals surface area contributed by atoms with E-state index in [2.05, 4.69) is 0 Å². The van der Waals surface area contributed by atoms with Crippen LogP contribution in [0.5, 0.6) is 0 Å². The third kappa shape index (κ3) is 2.87. The Kier molecular flexibility index (Phi) is 4.46. The predicted molar refractivity (Wildman–Crippen MR) is 77.7 cm³/mol. The fourth-order valence-electron chi connectivity index (χ4n) is 2.68. The minimum atomic E-state index is -3.58. The molecule has 1 aliphatic rings. The number of rotatable bonds is 4. The van der Waals surface area contributed by atoms with Gasteiger partial charge in [0.2, 0.25) is 10.0 Å². The molecule has 1 aliphatic carbocycles. The topological polar surface area (TPSA) is 61.2 Å². The average molecular weight is 292 g/mol. The van der Waals surface area contributed by atoms with Crippen LogP contribution in [-0.4, -0.2) is 25.3 Å². The molecule has 0 atom stereocenters. The molecule has 0 amide bonds. The van der Waals surface area contributed by atoms with E-state index in [9.17, 15) is 8.42 Å². The summed E-state index contributed by atoms with van der Waals surface area (Å²) in [5.74, 6) is 0. The number of hydrogen-bond donors (Lipinski definition) is 0. The standard InChI is InChI=1S/C15H20N2O2S/c1-12-7-8-15(11-13(12)2)20(18,19)17(10-9-16)14-5-3-4-6-14/h7-8,11,14H,3-6,10H2,1-2H3. The highest BCUT2D eigenvalue weighted by Gasteiger charge is 2.33. The molecule has 1 aromatic carbocycles. The van der Waals surface area contributed by atoms with Crippen LogP contribution >= 0.6 is 0 Å². The van der Waals surface area contributed by atoms with Gasteiger partial charge in [-0.15, -0.1) is 0 Å². The highest BCUT2D eigenvalue weighted by Crippen LogP contribution is 2.29. The maximum Gasteiger partial charge on any atom is 0.244 e. The van der Waals surface area contributed by atoms with Crippen LogP contribution in [0.2, 0.25) is 0 Å². The summed E-state index contributed by atoms with van der Waals surface area (Å²) in [6.07, 6.45) is 3.78. The van der Waals surface area contributed by atoms with E-state index >= 15 is 0 Å². The fourth-order valence-corrected chi connectivity index (χ4v) is 4.35. The van der Waals surface area contributed by atoms with Gasteiger partial charge in [0.15, 0.2) is 0 Å². The van der Waals surface area contributed by atoms with Gasteiger partial charge in [-0.1, -0.05) is 18.9 Å². The second-order valence-corrected chi connectivity index (χ2v) is 7.28. The molecule has 0 N–H and O–H groups in total. The summed E-state index contributed by atoms with van der Waals surface area (Å²) in [6.45, 7) is 3.79. The van der Waals surface area contributed by atoms with Crippen molar-refractivity contribution in [3.05, 3.63) is 29.3 Å². The van der Waals surface area contributed by atoms with E-state index in [1.54, 1.807) is 12.1 Å². The Labute approximate surface area is 121 Å². The highest BCUT2D eigenvalue weighted by atomic mass is 32.2. The van der Waals surface area contributed by atoms with Crippen molar-refractivity contribution in [3.63, 3.8) is 0 Å². The zero-order valence-corrected chi connectivity index (χ0v) is 12.8. The molecular weight excluding hydrogens is 272 g/mol. The molecule has 0 unspecified atom stereocenters. The SMILES string of the molecule is Cc1ccc(S(=O)(=O)N(CC#N)C2CCCC2)cc1C. The van der Waals surface area contributed by atoms with Crippen molar-refractivity contribution < 1.29 is 8.42 Å². The molecule has 20 heavy (non-hydrogen) atoms. The zero-order chi connectivity index (χ0) is 14.8. The Hall–Kier alpha value is -1.38. The predicted octanol–water partition coefficient (Wildman–Crippen LogP) is 2.76. The zero-order valence-electron chi connectivity index (χ0n) is 12.0. The highest BCUT2D eigenvalue weighted by molar-refractivity contribution is 7.89. The molecular formula is C15H20N2O2S. The first kappa shape index (κ1) is 15.0. The molecule has 0 heterocycles. The first-order valence-corrected chi connectivity index (χ1v) is 8.37. The molecule has 5 heteroatoms. The number of nitrogens with zero attached hydrogens (tertiary/aromatic N) is 2. The summed E-state index contributed by atoms with van der Waals surface area (Å²) in [5, 5.41) is 8.95. The molecule has 0 aliphatic heterocycles. The van der Waals surface area contributed by atoms with E-state index in [1.807, 2.05) is 26.0 Å². The van der Waals surface area contributed by atoms with Gasteiger partial charge in [0, 0.05) is 6.04 Å². The minimum Gasteiger partial charge on any atom is -0.207 e. The second-order valence-electron chi connectivity index (χ2n) is 5.39. The van der Waals surface area contributed by atoms with Gasteiger partial charge in [0.25, 0.3) is 0 Å². The summed E-state index contributed by atoms with van der Waals surface area (Å²) in [4.78, 5) is 0.294. The van der Waals surface area contributed by atoms with Crippen molar-refractivity contribution in [1.82, 2.24) is 4.31 Å². The van der Waals surface area contributed by atoms with Crippen LogP contribution < -0.4 is 0 Å². The van der Waals surface area contributed by atoms with Crippen LogP contribution in [0.3, 0.4) is 0 Å². The lowest BCUT2D eigenvalue weighted by molar-refractivity contribution is 0.350. The van der Waals surface area contributed by atoms with Crippen LogP contribution in [0.4, 0.5) is 0 Å². The van der Waals surface area contributed by atoms with Crippen LogP contribution in [0.1, 0.15) is 36.8 Å². The smallest absolute Gasteiger partial charge is 0.207 e. The van der Waals surface area contributed by atoms with Gasteiger partial charge in [-0.05, 0) is 49.9 Å². The maximum absolute atomic E-state index is 12.7. The summed E-state index contributed by atoms with van der Waals surface area (Å²) in [7, 11) is -3.58. The van der Waals surface area contributed by atoms with Gasteiger partial charge < -0.3 is 0 Å². The van der Waals surface area contributed by atoms with E-state index in [1.165, 1.54) is 4.31 Å². The van der Waals surface area contributed by atoms with Gasteiger partial charge in [0.05, 0.1) is 11.0 Å². The molecule has 0 radical (unpaired) electrons. The van der Waals surface area contributed by atoms with Crippen molar-refractivity contribution in [3.8, 4) is 6.07 Å². The second kappa shape index (κ2) is 5.94. The van der Waals surface area contributed by atoms with Crippen molar-refractivity contribution in [2.24, 2.45) is 0 Å². The first-order valence-electron chi connectivity index (χ1n) is 6.93. The molecule has 2 rings (SSSR count). The lowest BCUT2D eigenvalue weighted by atomic mass is 10.1. The Bertz CT molecular complexity index is 626. The number of aryl methyl sites for hydroxylation is 2. The van der Waals surface area contributed by atoms with Gasteiger partial charge >= 0.3 is 0 Å². The van der Waals surface area contributed by atoms with Crippen molar-refractivity contribution in [2.75, 3.05) is 6.54 Å². The van der Waals surface area contributed by atoms with E-state index in [0.29, 0.717) is 4.90 Å². The Morgan fingerprint density at radius 1 is 1.25 bits per heavy atom. The Morgan fingerprint density at radius 3 is 2.45 bits per heavy atom. The van der Waals surface area contributed by atoms with Crippen LogP contribution in [0.25, 0.3) is 0 Å². The van der Waals surface area contributed by atoms with Crippen molar-refractivity contribution in [2.45, 2.75) is 50.5 Å². The normalized spacial score (nSPS) is 16.5. The lowest BCUT2D eigenvalue weighted by Crippen LogP contribution is -2.39. The molecule has 108 valence electrons. The lowest BCUT2D eigenvalue weighted by Gasteiger charge is -2.25. The van der Waals surface area contributed by atoms with E-state index in [0.717, 1.165) is 36.8 Å². The first-order chi connectivity index (χ1) is 9.46. The number of benzene rings is 1. The summed E-state index contributed by atoms with van der Waals surface area (Å²) >= 11 is 0. The Morgan fingerprint density at radius 2 is 1.90 bits per heavy atom. The minimum absolute atomic E-state index is 0.0266. The quantitative estimate of drug-likeness (QED) is 0.802.